The zero-order valence-electron chi connectivity index (χ0n) is 16.6. The van der Waals surface area contributed by atoms with Crippen molar-refractivity contribution in [2.75, 3.05) is 13.2 Å². The van der Waals surface area contributed by atoms with E-state index in [1.54, 1.807) is 36.1 Å². The van der Waals surface area contributed by atoms with Gasteiger partial charge in [0.2, 0.25) is 11.8 Å². The van der Waals surface area contributed by atoms with Crippen LogP contribution in [-0.4, -0.2) is 45.0 Å². The lowest BCUT2D eigenvalue weighted by molar-refractivity contribution is -0.154. The van der Waals surface area contributed by atoms with Crippen molar-refractivity contribution in [3.8, 4) is 11.9 Å². The van der Waals surface area contributed by atoms with Crippen LogP contribution in [0.2, 0.25) is 0 Å². The van der Waals surface area contributed by atoms with Crippen molar-refractivity contribution in [2.45, 2.75) is 32.5 Å². The predicted octanol–water partition coefficient (Wildman–Crippen LogP) is 2.70. The van der Waals surface area contributed by atoms with Gasteiger partial charge in [-0.05, 0) is 24.6 Å². The van der Waals surface area contributed by atoms with Gasteiger partial charge in [-0.1, -0.05) is 0 Å². The Bertz CT molecular complexity index is 1120. The maximum absolute atomic E-state index is 12.3. The molecule has 0 bridgehead atoms. The number of amides is 1. The number of nitrogens with one attached hydrogen (secondary N) is 1. The highest BCUT2D eigenvalue weighted by Gasteiger charge is 2.29. The van der Waals surface area contributed by atoms with E-state index in [-0.39, 0.29) is 31.2 Å². The zero-order chi connectivity index (χ0) is 22.4. The SMILES string of the molecule is Cc1cc(Cn2cc3c(CC(=O)NCCC#N)nccc3n2)cnc1OCC(F)(F)F. The number of hydrogen-bond donors (Lipinski definition) is 1. The van der Waals surface area contributed by atoms with Gasteiger partial charge >= 0.3 is 6.18 Å². The first-order chi connectivity index (χ1) is 14.7. The lowest BCUT2D eigenvalue weighted by Crippen LogP contribution is -2.26. The van der Waals surface area contributed by atoms with E-state index < -0.39 is 12.8 Å². The van der Waals surface area contributed by atoms with Crippen LogP contribution in [0, 0.1) is 18.3 Å². The van der Waals surface area contributed by atoms with Gasteiger partial charge in [0.25, 0.3) is 0 Å². The average molecular weight is 432 g/mol. The molecule has 0 fully saturated rings. The third kappa shape index (κ3) is 6.15. The fourth-order valence-electron chi connectivity index (χ4n) is 2.94. The third-order valence-corrected chi connectivity index (χ3v) is 4.25. The zero-order valence-corrected chi connectivity index (χ0v) is 16.6. The molecule has 1 amide bonds. The molecular weight excluding hydrogens is 413 g/mol. The van der Waals surface area contributed by atoms with Crippen LogP contribution in [0.15, 0.2) is 30.7 Å². The summed E-state index contributed by atoms with van der Waals surface area (Å²) in [7, 11) is 0. The summed E-state index contributed by atoms with van der Waals surface area (Å²) >= 11 is 0. The summed E-state index contributed by atoms with van der Waals surface area (Å²) in [4.78, 5) is 20.3. The molecule has 162 valence electrons. The summed E-state index contributed by atoms with van der Waals surface area (Å²) in [6.07, 6.45) is 0.613. The van der Waals surface area contributed by atoms with E-state index in [0.29, 0.717) is 28.7 Å². The van der Waals surface area contributed by atoms with Gasteiger partial charge in [-0.3, -0.25) is 14.5 Å². The van der Waals surface area contributed by atoms with Crippen LogP contribution in [0.5, 0.6) is 5.88 Å². The first-order valence-electron chi connectivity index (χ1n) is 9.35. The van der Waals surface area contributed by atoms with Crippen LogP contribution >= 0.6 is 0 Å². The van der Waals surface area contributed by atoms with Crippen LogP contribution in [-0.2, 0) is 17.8 Å². The number of pyridine rings is 2. The topological polar surface area (TPSA) is 106 Å². The van der Waals surface area contributed by atoms with Crippen molar-refractivity contribution in [3.63, 3.8) is 0 Å². The molecule has 3 rings (SSSR count). The molecule has 0 aliphatic heterocycles. The second-order valence-corrected chi connectivity index (χ2v) is 6.82. The molecular formula is C20H19F3N6O2. The fraction of sp³-hybridized carbons (Fsp3) is 0.350. The van der Waals surface area contributed by atoms with Crippen LogP contribution in [0.4, 0.5) is 13.2 Å². The summed E-state index contributed by atoms with van der Waals surface area (Å²) in [5.41, 5.74) is 2.43. The first-order valence-corrected chi connectivity index (χ1v) is 9.35. The molecule has 1 N–H and O–H groups in total. The van der Waals surface area contributed by atoms with Crippen LogP contribution < -0.4 is 10.1 Å². The second kappa shape index (κ2) is 9.42. The third-order valence-electron chi connectivity index (χ3n) is 4.25. The summed E-state index contributed by atoms with van der Waals surface area (Å²) < 4.78 is 43.3. The number of ether oxygens (including phenoxy) is 1. The Kier molecular flexibility index (Phi) is 6.69. The molecule has 0 unspecified atom stereocenters. The molecule has 0 atom stereocenters. The number of carbonyl (C=O) groups excluding carboxylic acids is 1. The van der Waals surface area contributed by atoms with Crippen molar-refractivity contribution < 1.29 is 22.7 Å². The van der Waals surface area contributed by atoms with E-state index in [4.69, 9.17) is 10.00 Å². The molecule has 0 aliphatic rings. The van der Waals surface area contributed by atoms with E-state index >= 15 is 0 Å². The lowest BCUT2D eigenvalue weighted by atomic mass is 10.2. The Hall–Kier alpha value is -3.68. The lowest BCUT2D eigenvalue weighted by Gasteiger charge is -2.11. The van der Waals surface area contributed by atoms with Gasteiger partial charge < -0.3 is 10.1 Å². The van der Waals surface area contributed by atoms with Crippen molar-refractivity contribution >= 4 is 16.8 Å². The number of rotatable bonds is 8. The number of fused-ring (bicyclic) bond motifs is 1. The smallest absolute Gasteiger partial charge is 0.422 e. The fourth-order valence-corrected chi connectivity index (χ4v) is 2.94. The minimum Gasteiger partial charge on any atom is -0.468 e. The molecule has 0 saturated heterocycles. The van der Waals surface area contributed by atoms with Gasteiger partial charge in [-0.25, -0.2) is 4.98 Å². The molecule has 0 spiro atoms. The van der Waals surface area contributed by atoms with Gasteiger partial charge in [0.1, 0.15) is 0 Å². The Balaban J connectivity index is 1.72. The summed E-state index contributed by atoms with van der Waals surface area (Å²) in [5, 5.41) is 16.4. The normalized spacial score (nSPS) is 11.3. The number of hydrogen-bond acceptors (Lipinski definition) is 6. The number of alkyl halides is 3. The molecule has 31 heavy (non-hydrogen) atoms. The maximum atomic E-state index is 12.3. The number of nitrogens with zero attached hydrogens (tertiary/aromatic N) is 5. The molecule has 0 saturated carbocycles. The maximum Gasteiger partial charge on any atom is 0.422 e. The Morgan fingerprint density at radius 3 is 2.87 bits per heavy atom. The Morgan fingerprint density at radius 1 is 1.35 bits per heavy atom. The minimum atomic E-state index is -4.43. The number of carbonyl (C=O) groups is 1. The minimum absolute atomic E-state index is 0.0559. The van der Waals surface area contributed by atoms with E-state index in [0.717, 1.165) is 5.56 Å². The first kappa shape index (κ1) is 22.0. The molecule has 3 aromatic rings. The molecule has 0 aliphatic carbocycles. The number of nitriles is 1. The van der Waals surface area contributed by atoms with Crippen LogP contribution in [0.1, 0.15) is 23.2 Å². The molecule has 3 heterocycles. The second-order valence-electron chi connectivity index (χ2n) is 6.82. The largest absolute Gasteiger partial charge is 0.468 e. The standard InChI is InChI=1S/C20H19F3N6O2/c1-13-7-14(9-27-19(13)31-12-20(21,22)23)10-29-11-15-16(28-29)3-6-25-17(15)8-18(30)26-5-2-4-24/h3,6-7,9,11H,2,5,8,10,12H2,1H3,(H,26,30). The number of halogens is 3. The number of aromatic nitrogens is 4. The summed E-state index contributed by atoms with van der Waals surface area (Å²) in [6.45, 7) is 0.828. The highest BCUT2D eigenvalue weighted by molar-refractivity contribution is 5.86. The van der Waals surface area contributed by atoms with Crippen molar-refractivity contribution in [1.82, 2.24) is 25.1 Å². The molecule has 0 radical (unpaired) electrons. The van der Waals surface area contributed by atoms with Gasteiger partial charge in [0.05, 0.1) is 36.7 Å². The van der Waals surface area contributed by atoms with Gasteiger partial charge in [-0.15, -0.1) is 0 Å². The van der Waals surface area contributed by atoms with E-state index in [1.807, 2.05) is 6.07 Å². The number of aryl methyl sites for hydroxylation is 1. The molecule has 3 aromatic heterocycles. The van der Waals surface area contributed by atoms with Crippen molar-refractivity contribution in [3.05, 3.63) is 47.5 Å². The molecule has 11 heteroatoms. The highest BCUT2D eigenvalue weighted by atomic mass is 19.4. The van der Waals surface area contributed by atoms with E-state index in [9.17, 15) is 18.0 Å². The van der Waals surface area contributed by atoms with Crippen molar-refractivity contribution in [2.24, 2.45) is 0 Å². The summed E-state index contributed by atoms with van der Waals surface area (Å²) in [5.74, 6) is -0.308. The summed E-state index contributed by atoms with van der Waals surface area (Å²) in [6, 6.07) is 5.37. The quantitative estimate of drug-likeness (QED) is 0.549. The van der Waals surface area contributed by atoms with Gasteiger partial charge in [-0.2, -0.15) is 23.5 Å². The molecule has 0 aromatic carbocycles. The average Bonchev–Trinajstić information content (AvgIpc) is 3.10. The van der Waals surface area contributed by atoms with Crippen LogP contribution in [0.25, 0.3) is 10.9 Å². The van der Waals surface area contributed by atoms with E-state index in [1.165, 1.54) is 6.20 Å². The van der Waals surface area contributed by atoms with Crippen LogP contribution in [0.3, 0.4) is 0 Å². The van der Waals surface area contributed by atoms with Gasteiger partial charge in [0.15, 0.2) is 6.61 Å². The predicted molar refractivity (Wildman–Crippen MR) is 104 cm³/mol. The van der Waals surface area contributed by atoms with Crippen molar-refractivity contribution in [1.29, 1.82) is 5.26 Å². The Labute approximate surface area is 175 Å². The Morgan fingerprint density at radius 2 is 2.16 bits per heavy atom. The monoisotopic (exact) mass is 432 g/mol. The van der Waals surface area contributed by atoms with E-state index in [2.05, 4.69) is 20.4 Å². The van der Waals surface area contributed by atoms with Gasteiger partial charge in [0, 0.05) is 36.1 Å². The molecule has 8 nitrogen and oxygen atoms in total. The highest BCUT2D eigenvalue weighted by Crippen LogP contribution is 2.21.